The third kappa shape index (κ3) is 3.18. The van der Waals surface area contributed by atoms with E-state index in [1.807, 2.05) is 19.2 Å². The Morgan fingerprint density at radius 1 is 1.21 bits per heavy atom. The number of aryl methyl sites for hydroxylation is 1. The van der Waals surface area contributed by atoms with E-state index in [0.717, 1.165) is 36.7 Å². The van der Waals surface area contributed by atoms with Crippen LogP contribution in [0.3, 0.4) is 0 Å². The molecule has 7 nitrogen and oxygen atoms in total. The molecule has 0 unspecified atom stereocenters. The molecule has 0 saturated carbocycles. The number of nitrogens with zero attached hydrogens (tertiary/aromatic N) is 2. The van der Waals surface area contributed by atoms with Gasteiger partial charge in [0.05, 0.1) is 9.82 Å². The molecule has 1 aliphatic heterocycles. The van der Waals surface area contributed by atoms with Gasteiger partial charge in [0.15, 0.2) is 0 Å². The van der Waals surface area contributed by atoms with Gasteiger partial charge in [0.1, 0.15) is 0 Å². The van der Waals surface area contributed by atoms with Gasteiger partial charge in [-0.1, -0.05) is 6.07 Å². The summed E-state index contributed by atoms with van der Waals surface area (Å²) in [5.41, 5.74) is 2.38. The molecule has 0 saturated heterocycles. The van der Waals surface area contributed by atoms with Crippen LogP contribution in [0.1, 0.15) is 12.0 Å². The lowest BCUT2D eigenvalue weighted by Gasteiger charge is -2.27. The summed E-state index contributed by atoms with van der Waals surface area (Å²) >= 11 is 0. The van der Waals surface area contributed by atoms with Crippen LogP contribution in [0, 0.1) is 10.1 Å². The average Bonchev–Trinajstić information content (AvgIpc) is 2.55. The number of hydrogen-bond donors (Lipinski definition) is 1. The predicted octanol–water partition coefficient (Wildman–Crippen LogP) is 2.78. The maximum absolute atomic E-state index is 12.5. The first-order valence-electron chi connectivity index (χ1n) is 7.48. The van der Waals surface area contributed by atoms with E-state index in [2.05, 4.69) is 9.62 Å². The van der Waals surface area contributed by atoms with Gasteiger partial charge in [-0.2, -0.15) is 0 Å². The van der Waals surface area contributed by atoms with Crippen LogP contribution in [0.15, 0.2) is 47.4 Å². The third-order valence-electron chi connectivity index (χ3n) is 4.02. The van der Waals surface area contributed by atoms with E-state index in [-0.39, 0.29) is 10.6 Å². The van der Waals surface area contributed by atoms with E-state index >= 15 is 0 Å². The van der Waals surface area contributed by atoms with Crippen LogP contribution >= 0.6 is 0 Å². The highest BCUT2D eigenvalue weighted by Gasteiger charge is 2.19. The second kappa shape index (κ2) is 6.12. The Balaban J connectivity index is 1.90. The lowest BCUT2D eigenvalue weighted by Crippen LogP contribution is -2.24. The van der Waals surface area contributed by atoms with Crippen LogP contribution in [-0.2, 0) is 16.4 Å². The van der Waals surface area contributed by atoms with E-state index in [9.17, 15) is 18.5 Å². The smallest absolute Gasteiger partial charge is 0.270 e. The molecule has 0 bridgehead atoms. The van der Waals surface area contributed by atoms with Crippen LogP contribution in [0.2, 0.25) is 0 Å². The van der Waals surface area contributed by atoms with Crippen molar-refractivity contribution in [1.29, 1.82) is 0 Å². The predicted molar refractivity (Wildman–Crippen MR) is 91.9 cm³/mol. The molecule has 24 heavy (non-hydrogen) atoms. The highest BCUT2D eigenvalue weighted by atomic mass is 32.2. The van der Waals surface area contributed by atoms with Crippen molar-refractivity contribution in [3.8, 4) is 0 Å². The molecule has 1 heterocycles. The Hall–Kier alpha value is -2.61. The fraction of sp³-hybridized carbons (Fsp3) is 0.250. The number of non-ortho nitro benzene ring substituents is 1. The highest BCUT2D eigenvalue weighted by molar-refractivity contribution is 7.92. The van der Waals surface area contributed by atoms with Crippen molar-refractivity contribution in [1.82, 2.24) is 0 Å². The molecule has 0 radical (unpaired) electrons. The second-order valence-corrected chi connectivity index (χ2v) is 7.41. The van der Waals surface area contributed by atoms with Gasteiger partial charge >= 0.3 is 0 Å². The number of fused-ring (bicyclic) bond motifs is 1. The molecule has 0 spiro atoms. The summed E-state index contributed by atoms with van der Waals surface area (Å²) in [7, 11) is -1.87. The molecular formula is C16H17N3O4S. The van der Waals surface area contributed by atoms with Gasteiger partial charge in [0, 0.05) is 37.1 Å². The molecule has 1 N–H and O–H groups in total. The van der Waals surface area contributed by atoms with Gasteiger partial charge in [0.25, 0.3) is 15.7 Å². The molecule has 126 valence electrons. The van der Waals surface area contributed by atoms with Crippen molar-refractivity contribution >= 4 is 27.1 Å². The van der Waals surface area contributed by atoms with Crippen molar-refractivity contribution in [2.45, 2.75) is 17.7 Å². The van der Waals surface area contributed by atoms with E-state index in [1.54, 1.807) is 6.07 Å². The number of nitro groups is 1. The topological polar surface area (TPSA) is 92.6 Å². The summed E-state index contributed by atoms with van der Waals surface area (Å²) in [6, 6.07) is 10.4. The van der Waals surface area contributed by atoms with Gasteiger partial charge in [-0.05, 0) is 42.7 Å². The molecule has 1 aliphatic rings. The molecule has 0 aliphatic carbocycles. The van der Waals surface area contributed by atoms with Crippen LogP contribution in [-0.4, -0.2) is 26.9 Å². The molecule has 2 aromatic rings. The molecule has 3 rings (SSSR count). The number of nitrogens with one attached hydrogen (secondary N) is 1. The fourth-order valence-corrected chi connectivity index (χ4v) is 3.92. The summed E-state index contributed by atoms with van der Waals surface area (Å²) in [6.45, 7) is 0.978. The van der Waals surface area contributed by atoms with E-state index in [0.29, 0.717) is 5.69 Å². The van der Waals surface area contributed by atoms with Crippen molar-refractivity contribution in [3.05, 3.63) is 58.1 Å². The molecule has 0 amide bonds. The second-order valence-electron chi connectivity index (χ2n) is 5.73. The van der Waals surface area contributed by atoms with Crippen molar-refractivity contribution < 1.29 is 13.3 Å². The van der Waals surface area contributed by atoms with Gasteiger partial charge in [-0.15, -0.1) is 0 Å². The third-order valence-corrected chi connectivity index (χ3v) is 5.40. The quantitative estimate of drug-likeness (QED) is 0.678. The zero-order valence-corrected chi connectivity index (χ0v) is 13.9. The Bertz CT molecular complexity index is 896. The minimum absolute atomic E-state index is 0.133. The molecule has 0 aromatic heterocycles. The molecule has 2 aromatic carbocycles. The average molecular weight is 347 g/mol. The van der Waals surface area contributed by atoms with Gasteiger partial charge in [-0.25, -0.2) is 8.42 Å². The summed E-state index contributed by atoms with van der Waals surface area (Å²) in [5.74, 6) is 0. The number of sulfonamides is 1. The van der Waals surface area contributed by atoms with Gasteiger partial charge in [0.2, 0.25) is 0 Å². The first kappa shape index (κ1) is 16.3. The Morgan fingerprint density at radius 3 is 2.75 bits per heavy atom. The van der Waals surface area contributed by atoms with E-state index < -0.39 is 14.9 Å². The highest BCUT2D eigenvalue weighted by Crippen LogP contribution is 2.29. The first-order chi connectivity index (χ1) is 11.4. The minimum atomic E-state index is -3.88. The number of anilines is 2. The SMILES string of the molecule is CN1CCCc2cc(NS(=O)(=O)c3cccc([N+](=O)[O-])c3)ccc21. The molecule has 8 heteroatoms. The summed E-state index contributed by atoms with van der Waals surface area (Å²) in [6.07, 6.45) is 1.91. The zero-order valence-electron chi connectivity index (χ0n) is 13.1. The van der Waals surface area contributed by atoms with Crippen molar-refractivity contribution in [2.75, 3.05) is 23.2 Å². The maximum atomic E-state index is 12.5. The van der Waals surface area contributed by atoms with Crippen LogP contribution in [0.4, 0.5) is 17.1 Å². The standard InChI is InChI=1S/C16H17N3O4S/c1-18-9-3-4-12-10-13(7-8-16(12)18)17-24(22,23)15-6-2-5-14(11-15)19(20)21/h2,5-8,10-11,17H,3-4,9H2,1H3. The van der Waals surface area contributed by atoms with E-state index in [1.165, 1.54) is 18.2 Å². The molecular weight excluding hydrogens is 330 g/mol. The van der Waals surface area contributed by atoms with Crippen LogP contribution in [0.25, 0.3) is 0 Å². The fourth-order valence-electron chi connectivity index (χ4n) is 2.83. The normalized spacial score (nSPS) is 14.1. The first-order valence-corrected chi connectivity index (χ1v) is 8.96. The maximum Gasteiger partial charge on any atom is 0.270 e. The van der Waals surface area contributed by atoms with E-state index in [4.69, 9.17) is 0 Å². The van der Waals surface area contributed by atoms with Gasteiger partial charge < -0.3 is 4.90 Å². The molecule has 0 atom stereocenters. The number of hydrogen-bond acceptors (Lipinski definition) is 5. The number of benzene rings is 2. The summed E-state index contributed by atoms with van der Waals surface area (Å²) in [4.78, 5) is 12.2. The van der Waals surface area contributed by atoms with Crippen molar-refractivity contribution in [3.63, 3.8) is 0 Å². The number of nitro benzene ring substituents is 1. The van der Waals surface area contributed by atoms with Gasteiger partial charge in [-0.3, -0.25) is 14.8 Å². The Morgan fingerprint density at radius 2 is 2.00 bits per heavy atom. The van der Waals surface area contributed by atoms with Crippen molar-refractivity contribution in [2.24, 2.45) is 0 Å². The van der Waals surface area contributed by atoms with Crippen LogP contribution < -0.4 is 9.62 Å². The number of rotatable bonds is 4. The lowest BCUT2D eigenvalue weighted by atomic mass is 10.0. The largest absolute Gasteiger partial charge is 0.374 e. The summed E-state index contributed by atoms with van der Waals surface area (Å²) < 4.78 is 27.4. The minimum Gasteiger partial charge on any atom is -0.374 e. The summed E-state index contributed by atoms with van der Waals surface area (Å²) in [5, 5.41) is 10.8. The monoisotopic (exact) mass is 347 g/mol. The lowest BCUT2D eigenvalue weighted by molar-refractivity contribution is -0.385. The molecule has 0 fully saturated rings. The Labute approximate surface area is 140 Å². The van der Waals surface area contributed by atoms with Crippen LogP contribution in [0.5, 0.6) is 0 Å². The Kier molecular flexibility index (Phi) is 4.15. The zero-order chi connectivity index (χ0) is 17.3.